The van der Waals surface area contributed by atoms with Gasteiger partial charge in [-0.05, 0) is 60.3 Å². The number of aromatic nitrogens is 2. The van der Waals surface area contributed by atoms with E-state index in [0.29, 0.717) is 23.0 Å². The Morgan fingerprint density at radius 3 is 2.88 bits per heavy atom. The molecule has 0 unspecified atom stereocenters. The summed E-state index contributed by atoms with van der Waals surface area (Å²) in [6, 6.07) is 2.16. The first kappa shape index (κ1) is 16.1. The van der Waals surface area contributed by atoms with E-state index in [0.717, 1.165) is 39.8 Å². The third kappa shape index (κ3) is 2.89. The molecule has 25 heavy (non-hydrogen) atoms. The van der Waals surface area contributed by atoms with Crippen LogP contribution in [0.1, 0.15) is 45.7 Å². The van der Waals surface area contributed by atoms with Gasteiger partial charge in [-0.15, -0.1) is 0 Å². The van der Waals surface area contributed by atoms with Crippen LogP contribution in [0.25, 0.3) is 11.6 Å². The van der Waals surface area contributed by atoms with Crippen LogP contribution in [0.3, 0.4) is 0 Å². The second kappa shape index (κ2) is 5.84. The van der Waals surface area contributed by atoms with Gasteiger partial charge >= 0.3 is 0 Å². The minimum atomic E-state index is -0.198. The van der Waals surface area contributed by atoms with E-state index in [1.165, 1.54) is 0 Å². The summed E-state index contributed by atoms with van der Waals surface area (Å²) in [4.78, 5) is 32.2. The summed E-state index contributed by atoms with van der Waals surface area (Å²) in [7, 11) is 0. The van der Waals surface area contributed by atoms with Gasteiger partial charge in [0.15, 0.2) is 0 Å². The number of aryl methyl sites for hydroxylation is 1. The van der Waals surface area contributed by atoms with Crippen LogP contribution in [0.15, 0.2) is 16.7 Å². The molecule has 3 heterocycles. The maximum atomic E-state index is 12.4. The molecule has 0 aromatic carbocycles. The van der Waals surface area contributed by atoms with Crippen molar-refractivity contribution in [1.29, 1.82) is 0 Å². The van der Waals surface area contributed by atoms with Gasteiger partial charge in [-0.2, -0.15) is 0 Å². The Bertz CT molecular complexity index is 941. The molecule has 1 fully saturated rings. The molecular weight excluding hydrogens is 384 g/mol. The lowest BCUT2D eigenvalue weighted by atomic mass is 10.0. The molecule has 128 valence electrons. The van der Waals surface area contributed by atoms with Gasteiger partial charge in [0, 0.05) is 33.7 Å². The SMILES string of the molecule is Cc1[nH]c(/C=C2\C(=O)Nc3ncc(Br)cc32)c(C)c1C(=O)NC1CC1. The predicted molar refractivity (Wildman–Crippen MR) is 99.2 cm³/mol. The zero-order chi connectivity index (χ0) is 17.7. The third-order valence-electron chi connectivity index (χ3n) is 4.53. The van der Waals surface area contributed by atoms with E-state index in [4.69, 9.17) is 0 Å². The Labute approximate surface area is 153 Å². The first-order valence-corrected chi connectivity index (χ1v) is 8.92. The normalized spacial score (nSPS) is 17.6. The molecule has 7 heteroatoms. The number of rotatable bonds is 3. The van der Waals surface area contributed by atoms with E-state index >= 15 is 0 Å². The Balaban J connectivity index is 1.74. The molecule has 0 radical (unpaired) electrons. The van der Waals surface area contributed by atoms with Crippen LogP contribution >= 0.6 is 15.9 Å². The highest BCUT2D eigenvalue weighted by molar-refractivity contribution is 9.10. The van der Waals surface area contributed by atoms with Crippen molar-refractivity contribution in [2.75, 3.05) is 5.32 Å². The highest BCUT2D eigenvalue weighted by Gasteiger charge is 2.28. The number of fused-ring (bicyclic) bond motifs is 1. The van der Waals surface area contributed by atoms with Crippen LogP contribution in [0.5, 0.6) is 0 Å². The van der Waals surface area contributed by atoms with Crippen molar-refractivity contribution < 1.29 is 9.59 Å². The second-order valence-corrected chi connectivity index (χ2v) is 7.39. The van der Waals surface area contributed by atoms with Crippen LogP contribution in [-0.4, -0.2) is 27.8 Å². The molecule has 2 aliphatic rings. The van der Waals surface area contributed by atoms with Gasteiger partial charge in [0.25, 0.3) is 11.8 Å². The lowest BCUT2D eigenvalue weighted by Gasteiger charge is -2.04. The number of H-pyrrole nitrogens is 1. The monoisotopic (exact) mass is 400 g/mol. The van der Waals surface area contributed by atoms with Gasteiger partial charge in [0.1, 0.15) is 5.82 Å². The van der Waals surface area contributed by atoms with Crippen molar-refractivity contribution in [2.45, 2.75) is 32.7 Å². The van der Waals surface area contributed by atoms with Crippen LogP contribution < -0.4 is 10.6 Å². The minimum absolute atomic E-state index is 0.0564. The average Bonchev–Trinajstić information content (AvgIpc) is 3.25. The van der Waals surface area contributed by atoms with Gasteiger partial charge in [-0.1, -0.05) is 0 Å². The van der Waals surface area contributed by atoms with Crippen molar-refractivity contribution in [3.63, 3.8) is 0 Å². The maximum Gasteiger partial charge on any atom is 0.257 e. The van der Waals surface area contributed by atoms with Gasteiger partial charge in [0.05, 0.1) is 11.1 Å². The number of amides is 2. The van der Waals surface area contributed by atoms with Gasteiger partial charge in [-0.25, -0.2) is 4.98 Å². The molecule has 1 aliphatic carbocycles. The molecule has 4 rings (SSSR count). The quantitative estimate of drug-likeness (QED) is 0.691. The number of nitrogens with one attached hydrogen (secondary N) is 3. The highest BCUT2D eigenvalue weighted by atomic mass is 79.9. The highest BCUT2D eigenvalue weighted by Crippen LogP contribution is 2.34. The van der Waals surface area contributed by atoms with Crippen LogP contribution in [0, 0.1) is 13.8 Å². The van der Waals surface area contributed by atoms with E-state index in [2.05, 4.69) is 36.5 Å². The number of aromatic amines is 1. The number of anilines is 1. The summed E-state index contributed by atoms with van der Waals surface area (Å²) in [5.41, 5.74) is 4.33. The lowest BCUT2D eigenvalue weighted by Crippen LogP contribution is -2.26. The van der Waals surface area contributed by atoms with Crippen LogP contribution in [-0.2, 0) is 4.79 Å². The molecule has 0 atom stereocenters. The molecule has 0 bridgehead atoms. The summed E-state index contributed by atoms with van der Waals surface area (Å²) in [6.07, 6.45) is 5.52. The Kier molecular flexibility index (Phi) is 3.76. The zero-order valence-electron chi connectivity index (χ0n) is 13.9. The van der Waals surface area contributed by atoms with Crippen molar-refractivity contribution in [3.05, 3.63) is 44.8 Å². The lowest BCUT2D eigenvalue weighted by molar-refractivity contribution is -0.110. The molecule has 1 saturated carbocycles. The predicted octanol–water partition coefficient (Wildman–Crippen LogP) is 3.17. The Hall–Kier alpha value is -2.41. The number of halogens is 1. The molecule has 2 amide bonds. The topological polar surface area (TPSA) is 86.9 Å². The molecule has 3 N–H and O–H groups in total. The summed E-state index contributed by atoms with van der Waals surface area (Å²) >= 11 is 3.39. The van der Waals surface area contributed by atoms with E-state index in [9.17, 15) is 9.59 Å². The summed E-state index contributed by atoms with van der Waals surface area (Å²) in [5, 5.41) is 5.78. The number of hydrogen-bond donors (Lipinski definition) is 3. The number of pyridine rings is 1. The standard InChI is InChI=1S/C18H17BrN4O2/c1-8-14(21-9(2)15(8)18(25)22-11-3-4-11)6-13-12-5-10(19)7-20-16(12)23-17(13)24/h5-7,11,21H,3-4H2,1-2H3,(H,22,25)(H,20,23,24)/b13-6-. The smallest absolute Gasteiger partial charge is 0.257 e. The summed E-state index contributed by atoms with van der Waals surface area (Å²) in [6.45, 7) is 3.77. The Morgan fingerprint density at radius 2 is 2.16 bits per heavy atom. The number of carbonyl (C=O) groups excluding carboxylic acids is 2. The van der Waals surface area contributed by atoms with Gasteiger partial charge in [0.2, 0.25) is 0 Å². The van der Waals surface area contributed by atoms with Crippen molar-refractivity contribution in [2.24, 2.45) is 0 Å². The van der Waals surface area contributed by atoms with Crippen LogP contribution in [0.2, 0.25) is 0 Å². The fourth-order valence-electron chi connectivity index (χ4n) is 3.07. The number of hydrogen-bond acceptors (Lipinski definition) is 3. The first-order chi connectivity index (χ1) is 11.9. The first-order valence-electron chi connectivity index (χ1n) is 8.13. The van der Waals surface area contributed by atoms with Crippen molar-refractivity contribution >= 4 is 45.2 Å². The maximum absolute atomic E-state index is 12.4. The third-order valence-corrected chi connectivity index (χ3v) is 4.96. The minimum Gasteiger partial charge on any atom is -0.358 e. The molecule has 6 nitrogen and oxygen atoms in total. The number of carbonyl (C=O) groups is 2. The van der Waals surface area contributed by atoms with Crippen LogP contribution in [0.4, 0.5) is 5.82 Å². The van der Waals surface area contributed by atoms with E-state index in [-0.39, 0.29) is 11.8 Å². The average molecular weight is 401 g/mol. The summed E-state index contributed by atoms with van der Waals surface area (Å²) in [5.74, 6) is 0.294. The molecule has 2 aromatic heterocycles. The van der Waals surface area contributed by atoms with E-state index < -0.39 is 0 Å². The fourth-order valence-corrected chi connectivity index (χ4v) is 3.40. The second-order valence-electron chi connectivity index (χ2n) is 6.47. The van der Waals surface area contributed by atoms with Crippen molar-refractivity contribution in [3.8, 4) is 0 Å². The Morgan fingerprint density at radius 1 is 1.40 bits per heavy atom. The van der Waals surface area contributed by atoms with Gasteiger partial charge in [-0.3, -0.25) is 9.59 Å². The zero-order valence-corrected chi connectivity index (χ0v) is 15.5. The van der Waals surface area contributed by atoms with E-state index in [1.54, 1.807) is 12.3 Å². The van der Waals surface area contributed by atoms with E-state index in [1.807, 2.05) is 19.9 Å². The van der Waals surface area contributed by atoms with Crippen molar-refractivity contribution in [1.82, 2.24) is 15.3 Å². The van der Waals surface area contributed by atoms with Gasteiger partial charge < -0.3 is 15.6 Å². The molecule has 0 saturated heterocycles. The molecule has 0 spiro atoms. The largest absolute Gasteiger partial charge is 0.358 e. The molecule has 2 aromatic rings. The number of nitrogens with zero attached hydrogens (tertiary/aromatic N) is 1. The fraction of sp³-hybridized carbons (Fsp3) is 0.278. The molecular formula is C18H17BrN4O2. The molecule has 1 aliphatic heterocycles. The summed E-state index contributed by atoms with van der Waals surface area (Å²) < 4.78 is 0.803.